The summed E-state index contributed by atoms with van der Waals surface area (Å²) in [6.07, 6.45) is 6.58. The van der Waals surface area contributed by atoms with Gasteiger partial charge in [-0.1, -0.05) is 31.6 Å². The van der Waals surface area contributed by atoms with Gasteiger partial charge < -0.3 is 34.1 Å². The molecule has 3 aliphatic heterocycles. The number of carbonyl (C=O) groups is 1. The van der Waals surface area contributed by atoms with E-state index in [9.17, 15) is 4.79 Å². The van der Waals surface area contributed by atoms with Crippen LogP contribution in [0, 0.1) is 0 Å². The fourth-order valence-electron chi connectivity index (χ4n) is 7.40. The van der Waals surface area contributed by atoms with Gasteiger partial charge in [-0.2, -0.15) is 0 Å². The second kappa shape index (κ2) is 13.4. The van der Waals surface area contributed by atoms with Gasteiger partial charge in [0.1, 0.15) is 16.5 Å². The summed E-state index contributed by atoms with van der Waals surface area (Å²) in [7, 11) is 3.35. The van der Waals surface area contributed by atoms with E-state index in [2.05, 4.69) is 50.2 Å². The molecule has 1 N–H and O–H groups in total. The minimum atomic E-state index is 0.135. The second-order valence-electron chi connectivity index (χ2n) is 12.6. The number of nitrogens with zero attached hydrogens (tertiary/aromatic N) is 4. The summed E-state index contributed by atoms with van der Waals surface area (Å²) in [5.74, 6) is 3.11. The van der Waals surface area contributed by atoms with Crippen molar-refractivity contribution in [1.29, 1.82) is 0 Å². The Bertz CT molecular complexity index is 1570. The summed E-state index contributed by atoms with van der Waals surface area (Å²) >= 11 is 1.66. The van der Waals surface area contributed by atoms with E-state index >= 15 is 0 Å². The van der Waals surface area contributed by atoms with E-state index in [1.807, 2.05) is 18.2 Å². The van der Waals surface area contributed by atoms with Crippen LogP contribution in [0.4, 0.5) is 4.79 Å². The molecule has 244 valence electrons. The second-order valence-corrected chi connectivity index (χ2v) is 13.6. The highest BCUT2D eigenvalue weighted by Gasteiger charge is 2.44. The average molecular weight is 646 g/mol. The van der Waals surface area contributed by atoms with E-state index in [4.69, 9.17) is 23.9 Å². The van der Waals surface area contributed by atoms with E-state index in [0.717, 1.165) is 89.3 Å². The standard InChI is InChI=1S/C35H43N5O5S/c1-23(39-14-12-26(13-15-39)40-30-7-5-4-6-28(30)37-35(40)41)29-21-46-34(36-29)20-38(18-24-8-11-31-33(16-24)45-22-44-31)19-25-9-10-27(42-2)17-32(25)43-3/h8-11,16-17,21,26,28,30H,1,4-7,12-15,18-20,22H2,2-3H3,(H,37,41). The number of benzene rings is 2. The van der Waals surface area contributed by atoms with Crippen LogP contribution in [-0.2, 0) is 19.6 Å². The smallest absolute Gasteiger partial charge is 0.318 e. The molecule has 2 amide bonds. The van der Waals surface area contributed by atoms with Crippen molar-refractivity contribution in [2.75, 3.05) is 34.1 Å². The van der Waals surface area contributed by atoms with E-state index in [0.29, 0.717) is 37.8 Å². The van der Waals surface area contributed by atoms with Crippen LogP contribution in [0.2, 0.25) is 0 Å². The quantitative estimate of drug-likeness (QED) is 0.278. The molecule has 4 heterocycles. The first-order valence-electron chi connectivity index (χ1n) is 16.3. The summed E-state index contributed by atoms with van der Waals surface area (Å²) in [5.41, 5.74) is 4.09. The normalized spacial score (nSPS) is 21.0. The third-order valence-electron chi connectivity index (χ3n) is 9.81. The highest BCUT2D eigenvalue weighted by molar-refractivity contribution is 7.09. The van der Waals surface area contributed by atoms with Crippen LogP contribution in [0.25, 0.3) is 5.70 Å². The molecule has 2 unspecified atom stereocenters. The number of nitrogens with one attached hydrogen (secondary N) is 1. The molecule has 2 aromatic carbocycles. The molecule has 1 aromatic heterocycles. The molecule has 0 bridgehead atoms. The van der Waals surface area contributed by atoms with Crippen LogP contribution in [0.15, 0.2) is 48.4 Å². The van der Waals surface area contributed by atoms with Crippen LogP contribution in [0.3, 0.4) is 0 Å². The molecule has 3 aromatic rings. The summed E-state index contributed by atoms with van der Waals surface area (Å²) in [6.45, 7) is 8.50. The van der Waals surface area contributed by atoms with Gasteiger partial charge in [-0.15, -0.1) is 11.3 Å². The van der Waals surface area contributed by atoms with Crippen molar-refractivity contribution < 1.29 is 23.7 Å². The van der Waals surface area contributed by atoms with Crippen molar-refractivity contribution in [2.45, 2.75) is 76.3 Å². The first-order valence-corrected chi connectivity index (χ1v) is 17.2. The predicted octanol–water partition coefficient (Wildman–Crippen LogP) is 5.86. The molecule has 0 radical (unpaired) electrons. The molecule has 10 nitrogen and oxygen atoms in total. The Balaban J connectivity index is 1.02. The number of likely N-dealkylation sites (tertiary alicyclic amines) is 1. The molecular formula is C35H43N5O5S. The fourth-order valence-corrected chi connectivity index (χ4v) is 8.25. The Hall–Kier alpha value is -3.96. The van der Waals surface area contributed by atoms with Crippen LogP contribution in [0.5, 0.6) is 23.0 Å². The number of methoxy groups -OCH3 is 2. The fraction of sp³-hybridized carbons (Fsp3) is 0.486. The Morgan fingerprint density at radius 1 is 1.02 bits per heavy atom. The summed E-state index contributed by atoms with van der Waals surface area (Å²) in [4.78, 5) is 24.8. The average Bonchev–Trinajstić information content (AvgIpc) is 3.83. The first-order chi connectivity index (χ1) is 22.5. The number of hydrogen-bond acceptors (Lipinski definition) is 9. The Kier molecular flexibility index (Phi) is 8.95. The first kappa shape index (κ1) is 30.7. The van der Waals surface area contributed by atoms with Crippen molar-refractivity contribution in [3.05, 3.63) is 70.2 Å². The Morgan fingerprint density at radius 3 is 2.67 bits per heavy atom. The van der Waals surface area contributed by atoms with Crippen LogP contribution < -0.4 is 24.3 Å². The molecule has 2 saturated heterocycles. The molecule has 46 heavy (non-hydrogen) atoms. The minimum Gasteiger partial charge on any atom is -0.497 e. The highest BCUT2D eigenvalue weighted by atomic mass is 32.1. The lowest BCUT2D eigenvalue weighted by Crippen LogP contribution is -2.49. The molecule has 2 atom stereocenters. The maximum atomic E-state index is 12.9. The molecule has 11 heteroatoms. The number of hydrogen-bond donors (Lipinski definition) is 1. The minimum absolute atomic E-state index is 0.135. The van der Waals surface area contributed by atoms with Crippen molar-refractivity contribution in [3.8, 4) is 23.0 Å². The van der Waals surface area contributed by atoms with Crippen LogP contribution in [-0.4, -0.2) is 77.9 Å². The summed E-state index contributed by atoms with van der Waals surface area (Å²) in [6, 6.07) is 13.2. The monoisotopic (exact) mass is 645 g/mol. The maximum absolute atomic E-state index is 12.9. The lowest BCUT2D eigenvalue weighted by molar-refractivity contribution is 0.119. The van der Waals surface area contributed by atoms with Gasteiger partial charge in [0, 0.05) is 49.2 Å². The number of piperidine rings is 1. The van der Waals surface area contributed by atoms with Crippen molar-refractivity contribution >= 4 is 23.1 Å². The lowest BCUT2D eigenvalue weighted by Gasteiger charge is -2.41. The molecule has 0 spiro atoms. The third kappa shape index (κ3) is 6.35. The highest BCUT2D eigenvalue weighted by Crippen LogP contribution is 2.35. The third-order valence-corrected chi connectivity index (χ3v) is 10.6. The largest absolute Gasteiger partial charge is 0.497 e. The van der Waals surface area contributed by atoms with Gasteiger partial charge in [0.15, 0.2) is 11.5 Å². The number of fused-ring (bicyclic) bond motifs is 2. The SMILES string of the molecule is C=C(c1csc(CN(Cc2ccc3c(c2)OCO3)Cc2ccc(OC)cc2OC)n1)N1CCC(N2C(=O)NC3CCCCC32)CC1. The lowest BCUT2D eigenvalue weighted by atomic mass is 9.89. The van der Waals surface area contributed by atoms with Gasteiger partial charge in [-0.3, -0.25) is 4.90 Å². The van der Waals surface area contributed by atoms with Gasteiger partial charge in [0.25, 0.3) is 0 Å². The van der Waals surface area contributed by atoms with Crippen LogP contribution in [0.1, 0.15) is 60.4 Å². The summed E-state index contributed by atoms with van der Waals surface area (Å²) in [5, 5.41) is 6.40. The van der Waals surface area contributed by atoms with Gasteiger partial charge in [0.2, 0.25) is 6.79 Å². The number of ether oxygens (including phenoxy) is 4. The molecule has 4 aliphatic rings. The topological polar surface area (TPSA) is 88.6 Å². The number of carbonyl (C=O) groups excluding carboxylic acids is 1. The summed E-state index contributed by atoms with van der Waals surface area (Å²) < 4.78 is 22.3. The van der Waals surface area contributed by atoms with Gasteiger partial charge in [-0.25, -0.2) is 9.78 Å². The number of urea groups is 1. The molecular weight excluding hydrogens is 602 g/mol. The molecule has 3 fully saturated rings. The number of rotatable bonds is 11. The number of amides is 2. The molecule has 1 aliphatic carbocycles. The zero-order chi connectivity index (χ0) is 31.6. The van der Waals surface area contributed by atoms with Gasteiger partial charge in [0.05, 0.1) is 44.2 Å². The van der Waals surface area contributed by atoms with Gasteiger partial charge >= 0.3 is 6.03 Å². The Labute approximate surface area is 274 Å². The van der Waals surface area contributed by atoms with Crippen molar-refractivity contribution in [1.82, 2.24) is 25.0 Å². The van der Waals surface area contributed by atoms with E-state index in [1.165, 1.54) is 12.8 Å². The van der Waals surface area contributed by atoms with E-state index in [-0.39, 0.29) is 12.8 Å². The molecule has 7 rings (SSSR count). The predicted molar refractivity (Wildman–Crippen MR) is 177 cm³/mol. The van der Waals surface area contributed by atoms with Crippen molar-refractivity contribution in [2.24, 2.45) is 0 Å². The van der Waals surface area contributed by atoms with Crippen molar-refractivity contribution in [3.63, 3.8) is 0 Å². The van der Waals surface area contributed by atoms with E-state index in [1.54, 1.807) is 25.6 Å². The zero-order valence-electron chi connectivity index (χ0n) is 26.7. The van der Waals surface area contributed by atoms with E-state index < -0.39 is 0 Å². The zero-order valence-corrected chi connectivity index (χ0v) is 27.5. The van der Waals surface area contributed by atoms with Gasteiger partial charge in [-0.05, 0) is 49.4 Å². The maximum Gasteiger partial charge on any atom is 0.318 e. The Morgan fingerprint density at radius 2 is 1.85 bits per heavy atom. The van der Waals surface area contributed by atoms with Crippen LogP contribution >= 0.6 is 11.3 Å². The number of aromatic nitrogens is 1. The molecule has 1 saturated carbocycles. The number of thiazole rings is 1.